The Morgan fingerprint density at radius 3 is 2.58 bits per heavy atom. The number of hydrogen-bond donors (Lipinski definition) is 2. The van der Waals surface area contributed by atoms with E-state index in [9.17, 15) is 4.79 Å². The maximum absolute atomic E-state index is 11.3. The van der Waals surface area contributed by atoms with Crippen LogP contribution in [-0.4, -0.2) is 25.5 Å². The smallest absolute Gasteiger partial charge is 0.234 e. The number of rotatable bonds is 8. The van der Waals surface area contributed by atoms with Gasteiger partial charge in [0.2, 0.25) is 5.91 Å². The summed E-state index contributed by atoms with van der Waals surface area (Å²) in [5.74, 6) is 0.579. The molecule has 0 radical (unpaired) electrons. The number of hydrogen-bond acceptors (Lipinski definition) is 2. The first-order valence-electron chi connectivity index (χ1n) is 6.80. The molecule has 0 aromatic heterocycles. The number of benzene rings is 1. The SMILES string of the molecule is C=CCNC(=O)CNCCc1ccc(C(C)C)cc1. The van der Waals surface area contributed by atoms with Gasteiger partial charge in [0, 0.05) is 6.54 Å². The summed E-state index contributed by atoms with van der Waals surface area (Å²) in [4.78, 5) is 11.3. The van der Waals surface area contributed by atoms with Gasteiger partial charge < -0.3 is 10.6 Å². The normalized spacial score (nSPS) is 10.5. The first-order valence-corrected chi connectivity index (χ1v) is 6.80. The Bertz CT molecular complexity index is 396. The van der Waals surface area contributed by atoms with Crippen LogP contribution in [0, 0.1) is 0 Å². The summed E-state index contributed by atoms with van der Waals surface area (Å²) in [6, 6.07) is 8.68. The van der Waals surface area contributed by atoms with Crippen LogP contribution in [0.3, 0.4) is 0 Å². The molecule has 104 valence electrons. The Kier molecular flexibility index (Phi) is 6.90. The van der Waals surface area contributed by atoms with Gasteiger partial charge in [0.1, 0.15) is 0 Å². The zero-order valence-corrected chi connectivity index (χ0v) is 11.9. The van der Waals surface area contributed by atoms with Crippen molar-refractivity contribution in [2.45, 2.75) is 26.2 Å². The van der Waals surface area contributed by atoms with Crippen LogP contribution in [0.1, 0.15) is 30.9 Å². The predicted octanol–water partition coefficient (Wildman–Crippen LogP) is 2.24. The molecule has 1 aromatic carbocycles. The Morgan fingerprint density at radius 1 is 1.32 bits per heavy atom. The highest BCUT2D eigenvalue weighted by molar-refractivity contribution is 5.78. The molecule has 0 heterocycles. The number of nitrogens with one attached hydrogen (secondary N) is 2. The van der Waals surface area contributed by atoms with Crippen LogP contribution in [0.2, 0.25) is 0 Å². The van der Waals surface area contributed by atoms with Gasteiger partial charge in [-0.15, -0.1) is 6.58 Å². The van der Waals surface area contributed by atoms with E-state index in [0.717, 1.165) is 13.0 Å². The molecular weight excluding hydrogens is 236 g/mol. The highest BCUT2D eigenvalue weighted by atomic mass is 16.1. The Morgan fingerprint density at radius 2 is 2.00 bits per heavy atom. The lowest BCUT2D eigenvalue weighted by atomic mass is 10.0. The minimum absolute atomic E-state index is 0.00931. The van der Waals surface area contributed by atoms with Crippen molar-refractivity contribution in [1.82, 2.24) is 10.6 Å². The van der Waals surface area contributed by atoms with Gasteiger partial charge in [0.25, 0.3) is 0 Å². The van der Waals surface area contributed by atoms with Crippen molar-refractivity contribution < 1.29 is 4.79 Å². The first kappa shape index (κ1) is 15.4. The molecule has 1 amide bonds. The summed E-state index contributed by atoms with van der Waals surface area (Å²) in [6.07, 6.45) is 2.61. The van der Waals surface area contributed by atoms with E-state index >= 15 is 0 Å². The lowest BCUT2D eigenvalue weighted by Gasteiger charge is -2.08. The minimum atomic E-state index is 0.00931. The third kappa shape index (κ3) is 6.20. The highest BCUT2D eigenvalue weighted by Gasteiger charge is 2.00. The van der Waals surface area contributed by atoms with Gasteiger partial charge in [0.15, 0.2) is 0 Å². The van der Waals surface area contributed by atoms with Gasteiger partial charge in [-0.1, -0.05) is 44.2 Å². The summed E-state index contributed by atoms with van der Waals surface area (Å²) in [6.45, 7) is 9.63. The maximum atomic E-state index is 11.3. The second kappa shape index (κ2) is 8.48. The van der Waals surface area contributed by atoms with E-state index in [1.54, 1.807) is 6.08 Å². The van der Waals surface area contributed by atoms with Crippen LogP contribution in [0.4, 0.5) is 0 Å². The summed E-state index contributed by atoms with van der Waals surface area (Å²) >= 11 is 0. The van der Waals surface area contributed by atoms with E-state index in [0.29, 0.717) is 19.0 Å². The average molecular weight is 260 g/mol. The molecule has 0 fully saturated rings. The molecule has 1 aromatic rings. The standard InChI is InChI=1S/C16H24N2O/c1-4-10-18-16(19)12-17-11-9-14-5-7-15(8-6-14)13(2)3/h4-8,13,17H,1,9-12H2,2-3H3,(H,18,19). The van der Waals surface area contributed by atoms with Crippen LogP contribution in [0.15, 0.2) is 36.9 Å². The third-order valence-corrected chi connectivity index (χ3v) is 2.97. The van der Waals surface area contributed by atoms with Crippen molar-refractivity contribution in [3.63, 3.8) is 0 Å². The van der Waals surface area contributed by atoms with Crippen molar-refractivity contribution in [2.75, 3.05) is 19.6 Å². The molecule has 3 nitrogen and oxygen atoms in total. The molecule has 0 unspecified atom stereocenters. The van der Waals surface area contributed by atoms with Crippen molar-refractivity contribution in [3.8, 4) is 0 Å². The predicted molar refractivity (Wildman–Crippen MR) is 80.3 cm³/mol. The molecule has 0 atom stereocenters. The molecule has 2 N–H and O–H groups in total. The molecule has 1 rings (SSSR count). The van der Waals surface area contributed by atoms with Crippen LogP contribution < -0.4 is 10.6 Å². The van der Waals surface area contributed by atoms with Gasteiger partial charge >= 0.3 is 0 Å². The van der Waals surface area contributed by atoms with Crippen LogP contribution in [0.25, 0.3) is 0 Å². The minimum Gasteiger partial charge on any atom is -0.352 e. The molecule has 3 heteroatoms. The molecular formula is C16H24N2O. The fraction of sp³-hybridized carbons (Fsp3) is 0.438. The fourth-order valence-corrected chi connectivity index (χ4v) is 1.75. The van der Waals surface area contributed by atoms with Gasteiger partial charge in [-0.3, -0.25) is 4.79 Å². The lowest BCUT2D eigenvalue weighted by Crippen LogP contribution is -2.34. The van der Waals surface area contributed by atoms with Crippen LogP contribution >= 0.6 is 0 Å². The van der Waals surface area contributed by atoms with Gasteiger partial charge in [-0.05, 0) is 30.0 Å². The van der Waals surface area contributed by atoms with Crippen molar-refractivity contribution in [1.29, 1.82) is 0 Å². The van der Waals surface area contributed by atoms with Crippen molar-refractivity contribution in [3.05, 3.63) is 48.0 Å². The molecule has 0 aliphatic rings. The highest BCUT2D eigenvalue weighted by Crippen LogP contribution is 2.14. The van der Waals surface area contributed by atoms with Crippen LogP contribution in [0.5, 0.6) is 0 Å². The fourth-order valence-electron chi connectivity index (χ4n) is 1.75. The molecule has 0 saturated carbocycles. The van der Waals surface area contributed by atoms with Crippen molar-refractivity contribution >= 4 is 5.91 Å². The van der Waals surface area contributed by atoms with Gasteiger partial charge in [-0.25, -0.2) is 0 Å². The maximum Gasteiger partial charge on any atom is 0.234 e. The summed E-state index contributed by atoms with van der Waals surface area (Å²) in [7, 11) is 0. The third-order valence-electron chi connectivity index (χ3n) is 2.97. The topological polar surface area (TPSA) is 41.1 Å². The van der Waals surface area contributed by atoms with E-state index in [1.807, 2.05) is 0 Å². The van der Waals surface area contributed by atoms with E-state index in [-0.39, 0.29) is 5.91 Å². The lowest BCUT2D eigenvalue weighted by molar-refractivity contribution is -0.120. The quantitative estimate of drug-likeness (QED) is 0.556. The second-order valence-corrected chi connectivity index (χ2v) is 4.92. The van der Waals surface area contributed by atoms with Crippen molar-refractivity contribution in [2.24, 2.45) is 0 Å². The zero-order chi connectivity index (χ0) is 14.1. The van der Waals surface area contributed by atoms with E-state index < -0.39 is 0 Å². The summed E-state index contributed by atoms with van der Waals surface area (Å²) < 4.78 is 0. The molecule has 0 aliphatic carbocycles. The largest absolute Gasteiger partial charge is 0.352 e. The summed E-state index contributed by atoms with van der Waals surface area (Å²) in [5, 5.41) is 5.87. The molecule has 19 heavy (non-hydrogen) atoms. The number of carbonyl (C=O) groups excluding carboxylic acids is 1. The molecule has 0 spiro atoms. The average Bonchev–Trinajstić information content (AvgIpc) is 2.41. The Labute approximate surface area is 116 Å². The van der Waals surface area contributed by atoms with E-state index in [2.05, 4.69) is 55.3 Å². The van der Waals surface area contributed by atoms with E-state index in [4.69, 9.17) is 0 Å². The van der Waals surface area contributed by atoms with Gasteiger partial charge in [0.05, 0.1) is 6.54 Å². The molecule has 0 bridgehead atoms. The number of amides is 1. The number of carbonyl (C=O) groups is 1. The van der Waals surface area contributed by atoms with E-state index in [1.165, 1.54) is 11.1 Å². The summed E-state index contributed by atoms with van der Waals surface area (Å²) in [5.41, 5.74) is 2.66. The Hall–Kier alpha value is -1.61. The first-order chi connectivity index (χ1) is 9.13. The zero-order valence-electron chi connectivity index (χ0n) is 11.9. The Balaban J connectivity index is 2.22. The molecule has 0 aliphatic heterocycles. The monoisotopic (exact) mass is 260 g/mol. The second-order valence-electron chi connectivity index (χ2n) is 4.92. The van der Waals surface area contributed by atoms with Gasteiger partial charge in [-0.2, -0.15) is 0 Å². The van der Waals surface area contributed by atoms with Crippen LogP contribution in [-0.2, 0) is 11.2 Å². The molecule has 0 saturated heterocycles.